The number of allylic oxidation sites excluding steroid dienone is 1. The number of aryl methyl sites for hydroxylation is 1. The quantitative estimate of drug-likeness (QED) is 0.624. The fourth-order valence-electron chi connectivity index (χ4n) is 1.88. The number of hydrogen-bond donors (Lipinski definition) is 2. The molecule has 5 heteroatoms. The van der Waals surface area contributed by atoms with Crippen LogP contribution in [0.15, 0.2) is 35.0 Å². The number of benzene rings is 1. The van der Waals surface area contributed by atoms with Crippen molar-refractivity contribution in [3.05, 3.63) is 40.6 Å². The molecule has 1 rings (SSSR count). The van der Waals surface area contributed by atoms with E-state index in [0.29, 0.717) is 24.5 Å². The summed E-state index contributed by atoms with van der Waals surface area (Å²) in [5, 5.41) is 10.2. The SMILES string of the molecule is CCN(CC)/C(C=N)=C(\Cl)C(=O)Nc1cccc(C)c1. The third kappa shape index (κ3) is 4.10. The molecule has 1 aromatic rings. The lowest BCUT2D eigenvalue weighted by atomic mass is 10.2. The fraction of sp³-hybridized carbons (Fsp3) is 0.333. The Morgan fingerprint density at radius 2 is 2.05 bits per heavy atom. The molecule has 108 valence electrons. The molecule has 0 atom stereocenters. The highest BCUT2D eigenvalue weighted by molar-refractivity contribution is 6.45. The Bertz CT molecular complexity index is 522. The molecule has 2 N–H and O–H groups in total. The second-order valence-corrected chi connectivity index (χ2v) is 4.72. The first-order valence-electron chi connectivity index (χ1n) is 6.56. The zero-order chi connectivity index (χ0) is 15.1. The number of hydrogen-bond acceptors (Lipinski definition) is 3. The molecule has 0 aliphatic rings. The molecule has 0 bridgehead atoms. The van der Waals surface area contributed by atoms with Crippen LogP contribution in [0.5, 0.6) is 0 Å². The van der Waals surface area contributed by atoms with Crippen LogP contribution >= 0.6 is 11.6 Å². The molecule has 0 saturated heterocycles. The fourth-order valence-corrected chi connectivity index (χ4v) is 2.10. The van der Waals surface area contributed by atoms with E-state index in [1.165, 1.54) is 0 Å². The van der Waals surface area contributed by atoms with Crippen LogP contribution < -0.4 is 5.32 Å². The van der Waals surface area contributed by atoms with Gasteiger partial charge in [-0.3, -0.25) is 4.79 Å². The van der Waals surface area contributed by atoms with Gasteiger partial charge in [0.25, 0.3) is 5.91 Å². The molecular weight excluding hydrogens is 274 g/mol. The predicted octanol–water partition coefficient (Wildman–Crippen LogP) is 3.38. The average Bonchev–Trinajstić information content (AvgIpc) is 2.43. The number of halogens is 1. The van der Waals surface area contributed by atoms with Crippen molar-refractivity contribution in [2.75, 3.05) is 18.4 Å². The lowest BCUT2D eigenvalue weighted by Crippen LogP contribution is -2.26. The van der Waals surface area contributed by atoms with Crippen LogP contribution in [0.3, 0.4) is 0 Å². The van der Waals surface area contributed by atoms with Crippen molar-refractivity contribution in [1.82, 2.24) is 4.90 Å². The van der Waals surface area contributed by atoms with Crippen molar-refractivity contribution in [3.8, 4) is 0 Å². The van der Waals surface area contributed by atoms with Gasteiger partial charge in [0.1, 0.15) is 5.03 Å². The van der Waals surface area contributed by atoms with Gasteiger partial charge in [-0.2, -0.15) is 0 Å². The van der Waals surface area contributed by atoms with Crippen molar-refractivity contribution >= 4 is 29.4 Å². The third-order valence-electron chi connectivity index (χ3n) is 2.94. The number of anilines is 1. The van der Waals surface area contributed by atoms with Crippen LogP contribution in [0.1, 0.15) is 19.4 Å². The van der Waals surface area contributed by atoms with Gasteiger partial charge in [0.2, 0.25) is 0 Å². The molecule has 0 unspecified atom stereocenters. The molecule has 1 aromatic carbocycles. The standard InChI is InChI=1S/C15H20ClN3O/c1-4-19(5-2)13(10-17)14(16)15(20)18-12-8-6-7-11(3)9-12/h6-10,17H,4-5H2,1-3H3,(H,18,20)/b14-13-,17-10?. The first-order valence-corrected chi connectivity index (χ1v) is 6.94. The van der Waals surface area contributed by atoms with E-state index in [-0.39, 0.29) is 5.03 Å². The first kappa shape index (κ1) is 16.2. The van der Waals surface area contributed by atoms with E-state index in [9.17, 15) is 4.79 Å². The van der Waals surface area contributed by atoms with Gasteiger partial charge in [0.15, 0.2) is 0 Å². The number of carbonyl (C=O) groups excluding carboxylic acids is 1. The summed E-state index contributed by atoms with van der Waals surface area (Å²) >= 11 is 6.11. The molecule has 0 spiro atoms. The Morgan fingerprint density at radius 3 is 2.55 bits per heavy atom. The Morgan fingerprint density at radius 1 is 1.40 bits per heavy atom. The van der Waals surface area contributed by atoms with Crippen LogP contribution in [0.4, 0.5) is 5.69 Å². The Hall–Kier alpha value is -1.81. The summed E-state index contributed by atoms with van der Waals surface area (Å²) in [7, 11) is 0. The Labute approximate surface area is 124 Å². The van der Waals surface area contributed by atoms with Gasteiger partial charge < -0.3 is 15.6 Å². The minimum atomic E-state index is -0.400. The molecule has 0 heterocycles. The normalized spacial score (nSPS) is 11.6. The molecule has 4 nitrogen and oxygen atoms in total. The summed E-state index contributed by atoms with van der Waals surface area (Å²) in [5.74, 6) is -0.400. The van der Waals surface area contributed by atoms with Crippen molar-refractivity contribution in [3.63, 3.8) is 0 Å². The Balaban J connectivity index is 2.96. The Kier molecular flexibility index (Phi) is 6.25. The second kappa shape index (κ2) is 7.70. The second-order valence-electron chi connectivity index (χ2n) is 4.34. The van der Waals surface area contributed by atoms with Gasteiger partial charge >= 0.3 is 0 Å². The molecule has 0 radical (unpaired) electrons. The molecule has 0 aliphatic heterocycles. The lowest BCUT2D eigenvalue weighted by molar-refractivity contribution is -0.112. The van der Waals surface area contributed by atoms with E-state index >= 15 is 0 Å². The highest BCUT2D eigenvalue weighted by Crippen LogP contribution is 2.16. The number of carbonyl (C=O) groups is 1. The van der Waals surface area contributed by atoms with Gasteiger partial charge in [0.05, 0.1) is 5.70 Å². The highest BCUT2D eigenvalue weighted by Gasteiger charge is 2.15. The summed E-state index contributed by atoms with van der Waals surface area (Å²) in [5.41, 5.74) is 2.18. The maximum atomic E-state index is 12.1. The van der Waals surface area contributed by atoms with Gasteiger partial charge in [-0.05, 0) is 38.5 Å². The molecule has 1 amide bonds. The topological polar surface area (TPSA) is 56.2 Å². The first-order chi connectivity index (χ1) is 9.53. The van der Waals surface area contributed by atoms with Crippen molar-refractivity contribution in [2.24, 2.45) is 0 Å². The van der Waals surface area contributed by atoms with Crippen molar-refractivity contribution in [1.29, 1.82) is 5.41 Å². The maximum Gasteiger partial charge on any atom is 0.269 e. The molecule has 20 heavy (non-hydrogen) atoms. The third-order valence-corrected chi connectivity index (χ3v) is 3.31. The largest absolute Gasteiger partial charge is 0.369 e. The number of amides is 1. The van der Waals surface area contributed by atoms with Crippen molar-refractivity contribution < 1.29 is 4.79 Å². The van der Waals surface area contributed by atoms with E-state index < -0.39 is 5.91 Å². The molecule has 0 aliphatic carbocycles. The van der Waals surface area contributed by atoms with E-state index in [1.807, 2.05) is 43.9 Å². The zero-order valence-corrected chi connectivity index (χ0v) is 12.8. The monoisotopic (exact) mass is 293 g/mol. The molecule has 0 saturated carbocycles. The van der Waals surface area contributed by atoms with Gasteiger partial charge in [-0.25, -0.2) is 0 Å². The summed E-state index contributed by atoms with van der Waals surface area (Å²) in [6.45, 7) is 7.24. The van der Waals surface area contributed by atoms with E-state index in [4.69, 9.17) is 17.0 Å². The van der Waals surface area contributed by atoms with Crippen LogP contribution in [-0.2, 0) is 4.79 Å². The predicted molar refractivity (Wildman–Crippen MR) is 84.4 cm³/mol. The van der Waals surface area contributed by atoms with Gasteiger partial charge in [-0.1, -0.05) is 23.7 Å². The molecular formula is C15H20ClN3O. The smallest absolute Gasteiger partial charge is 0.269 e. The highest BCUT2D eigenvalue weighted by atomic mass is 35.5. The molecule has 0 fully saturated rings. The van der Waals surface area contributed by atoms with Gasteiger partial charge in [-0.15, -0.1) is 0 Å². The minimum absolute atomic E-state index is 0.0326. The maximum absolute atomic E-state index is 12.1. The van der Waals surface area contributed by atoms with Crippen LogP contribution in [0.2, 0.25) is 0 Å². The van der Waals surface area contributed by atoms with Crippen LogP contribution in [0, 0.1) is 12.3 Å². The van der Waals surface area contributed by atoms with Crippen LogP contribution in [0.25, 0.3) is 0 Å². The molecule has 0 aromatic heterocycles. The summed E-state index contributed by atoms with van der Waals surface area (Å²) in [6, 6.07) is 7.48. The van der Waals surface area contributed by atoms with Crippen LogP contribution in [-0.4, -0.2) is 30.1 Å². The minimum Gasteiger partial charge on any atom is -0.369 e. The lowest BCUT2D eigenvalue weighted by Gasteiger charge is -2.22. The van der Waals surface area contributed by atoms with E-state index in [0.717, 1.165) is 11.8 Å². The van der Waals surface area contributed by atoms with Gasteiger partial charge in [0, 0.05) is 25.0 Å². The number of rotatable bonds is 6. The number of nitrogens with zero attached hydrogens (tertiary/aromatic N) is 1. The average molecular weight is 294 g/mol. The van der Waals surface area contributed by atoms with Crippen molar-refractivity contribution in [2.45, 2.75) is 20.8 Å². The zero-order valence-electron chi connectivity index (χ0n) is 12.0. The number of nitrogens with one attached hydrogen (secondary N) is 2. The summed E-state index contributed by atoms with van der Waals surface area (Å²) < 4.78 is 0. The van der Waals surface area contributed by atoms with E-state index in [1.54, 1.807) is 6.07 Å². The van der Waals surface area contributed by atoms with E-state index in [2.05, 4.69) is 5.32 Å². The summed E-state index contributed by atoms with van der Waals surface area (Å²) in [4.78, 5) is 14.0. The summed E-state index contributed by atoms with van der Waals surface area (Å²) in [6.07, 6.45) is 1.12.